The lowest BCUT2D eigenvalue weighted by Gasteiger charge is -2.10. The minimum absolute atomic E-state index is 0.101. The van der Waals surface area contributed by atoms with Crippen molar-refractivity contribution in [2.75, 3.05) is 12.1 Å². The van der Waals surface area contributed by atoms with Crippen LogP contribution < -0.4 is 14.8 Å². The number of nitrogens with one attached hydrogen (secondary N) is 2. The molecule has 4 rings (SSSR count). The van der Waals surface area contributed by atoms with E-state index < -0.39 is 0 Å². The van der Waals surface area contributed by atoms with Crippen LogP contribution in [-0.2, 0) is 11.2 Å². The molecule has 2 heterocycles. The van der Waals surface area contributed by atoms with Crippen molar-refractivity contribution in [3.8, 4) is 11.5 Å². The molecule has 7 nitrogen and oxygen atoms in total. The van der Waals surface area contributed by atoms with Crippen molar-refractivity contribution in [3.05, 3.63) is 24.0 Å². The highest BCUT2D eigenvalue weighted by atomic mass is 32.2. The lowest BCUT2D eigenvalue weighted by atomic mass is 10.0. The second kappa shape index (κ2) is 7.57. The number of amides is 1. The molecule has 8 heteroatoms. The van der Waals surface area contributed by atoms with Gasteiger partial charge in [0.05, 0.1) is 5.25 Å². The van der Waals surface area contributed by atoms with Gasteiger partial charge in [-0.25, -0.2) is 4.98 Å². The fourth-order valence-corrected chi connectivity index (χ4v) is 4.08. The smallest absolute Gasteiger partial charge is 0.237 e. The fourth-order valence-electron chi connectivity index (χ4n) is 3.34. The number of carbonyl (C=O) groups excluding carboxylic acids is 1. The highest BCUT2D eigenvalue weighted by molar-refractivity contribution is 8.00. The predicted molar refractivity (Wildman–Crippen MR) is 98.6 cm³/mol. The molecule has 0 bridgehead atoms. The van der Waals surface area contributed by atoms with Crippen molar-refractivity contribution in [3.63, 3.8) is 0 Å². The summed E-state index contributed by atoms with van der Waals surface area (Å²) in [6.07, 6.45) is 6.13. The van der Waals surface area contributed by atoms with Crippen molar-refractivity contribution >= 4 is 23.4 Å². The van der Waals surface area contributed by atoms with Crippen molar-refractivity contribution in [2.45, 2.75) is 49.4 Å². The summed E-state index contributed by atoms with van der Waals surface area (Å²) in [5, 5.41) is 10.5. The topological polar surface area (TPSA) is 89.1 Å². The number of hydrogen-bond acceptors (Lipinski definition) is 6. The Labute approximate surface area is 156 Å². The standard InChI is InChI=1S/C18H22N4O3S/c1-11(17(23)19-13-6-7-14-15(9-13)25-10-24-14)26-18-20-16(21-22-18)8-12-4-2-3-5-12/h6-7,9,11-12H,2-5,8,10H2,1H3,(H,19,23)(H,20,21,22). The Balaban J connectivity index is 1.31. The zero-order valence-corrected chi connectivity index (χ0v) is 15.5. The van der Waals surface area contributed by atoms with Crippen LogP contribution in [0.2, 0.25) is 0 Å². The van der Waals surface area contributed by atoms with E-state index in [0.29, 0.717) is 28.3 Å². The molecule has 1 amide bonds. The number of nitrogens with zero attached hydrogens (tertiary/aromatic N) is 2. The van der Waals surface area contributed by atoms with Crippen molar-refractivity contribution in [1.29, 1.82) is 0 Å². The molecule has 2 aliphatic rings. The van der Waals surface area contributed by atoms with Crippen LogP contribution in [0.15, 0.2) is 23.4 Å². The molecule has 1 unspecified atom stereocenters. The summed E-state index contributed by atoms with van der Waals surface area (Å²) in [4.78, 5) is 17.0. The molecule has 138 valence electrons. The van der Waals surface area contributed by atoms with E-state index in [1.54, 1.807) is 18.2 Å². The van der Waals surface area contributed by atoms with Gasteiger partial charge in [-0.1, -0.05) is 37.4 Å². The van der Waals surface area contributed by atoms with Crippen molar-refractivity contribution in [2.24, 2.45) is 5.92 Å². The van der Waals surface area contributed by atoms with E-state index in [4.69, 9.17) is 9.47 Å². The number of ether oxygens (including phenoxy) is 2. The summed E-state index contributed by atoms with van der Waals surface area (Å²) in [6.45, 7) is 2.06. The molecule has 1 aromatic carbocycles. The first-order valence-corrected chi connectivity index (χ1v) is 9.84. The summed E-state index contributed by atoms with van der Waals surface area (Å²) in [5.74, 6) is 2.88. The summed E-state index contributed by atoms with van der Waals surface area (Å²) < 4.78 is 10.6. The van der Waals surface area contributed by atoms with Gasteiger partial charge in [0.2, 0.25) is 17.9 Å². The number of fused-ring (bicyclic) bond motifs is 1. The number of thioether (sulfide) groups is 1. The van der Waals surface area contributed by atoms with Gasteiger partial charge in [-0.2, -0.15) is 0 Å². The first kappa shape index (κ1) is 17.2. The normalized spacial score (nSPS) is 17.4. The Morgan fingerprint density at radius 3 is 3.00 bits per heavy atom. The first-order valence-electron chi connectivity index (χ1n) is 8.96. The average molecular weight is 374 g/mol. The lowest BCUT2D eigenvalue weighted by molar-refractivity contribution is -0.115. The van der Waals surface area contributed by atoms with E-state index in [0.717, 1.165) is 12.2 Å². The Morgan fingerprint density at radius 1 is 1.35 bits per heavy atom. The number of carbonyl (C=O) groups is 1. The van der Waals surface area contributed by atoms with E-state index in [1.165, 1.54) is 37.4 Å². The van der Waals surface area contributed by atoms with Gasteiger partial charge in [0.15, 0.2) is 11.5 Å². The number of benzene rings is 1. The molecule has 0 radical (unpaired) electrons. The third kappa shape index (κ3) is 3.95. The SMILES string of the molecule is CC(Sc1n[nH]c(CC2CCCC2)n1)C(=O)Nc1ccc2c(c1)OCO2. The summed E-state index contributed by atoms with van der Waals surface area (Å²) in [7, 11) is 0. The van der Waals surface area contributed by atoms with E-state index >= 15 is 0 Å². The number of hydrogen-bond donors (Lipinski definition) is 2. The number of aromatic amines is 1. The molecule has 1 fully saturated rings. The zero-order valence-electron chi connectivity index (χ0n) is 14.7. The average Bonchev–Trinajstić information content (AvgIpc) is 3.37. The van der Waals surface area contributed by atoms with Gasteiger partial charge in [0.1, 0.15) is 5.82 Å². The molecule has 2 aromatic rings. The van der Waals surface area contributed by atoms with Crippen molar-refractivity contribution < 1.29 is 14.3 Å². The third-order valence-corrected chi connectivity index (χ3v) is 5.72. The molecule has 2 N–H and O–H groups in total. The summed E-state index contributed by atoms with van der Waals surface area (Å²) in [6, 6.07) is 5.36. The lowest BCUT2D eigenvalue weighted by Crippen LogP contribution is -2.22. The van der Waals surface area contributed by atoms with Crippen LogP contribution in [0.3, 0.4) is 0 Å². The molecule has 1 aliphatic carbocycles. The highest BCUT2D eigenvalue weighted by Crippen LogP contribution is 2.34. The minimum atomic E-state index is -0.310. The van der Waals surface area contributed by atoms with Gasteiger partial charge in [-0.15, -0.1) is 5.10 Å². The van der Waals surface area contributed by atoms with Gasteiger partial charge >= 0.3 is 0 Å². The Bertz CT molecular complexity index is 788. The summed E-state index contributed by atoms with van der Waals surface area (Å²) >= 11 is 1.35. The highest BCUT2D eigenvalue weighted by Gasteiger charge is 2.21. The van der Waals surface area contributed by atoms with Gasteiger partial charge in [0.25, 0.3) is 0 Å². The minimum Gasteiger partial charge on any atom is -0.454 e. The second-order valence-electron chi connectivity index (χ2n) is 6.74. The number of H-pyrrole nitrogens is 1. The number of rotatable bonds is 6. The van der Waals surface area contributed by atoms with Gasteiger partial charge in [-0.05, 0) is 25.0 Å². The van der Waals surface area contributed by atoms with Crippen LogP contribution in [0.5, 0.6) is 11.5 Å². The maximum atomic E-state index is 12.4. The van der Waals surface area contributed by atoms with Gasteiger partial charge < -0.3 is 14.8 Å². The fraction of sp³-hybridized carbons (Fsp3) is 0.500. The Kier molecular flexibility index (Phi) is 5.01. The third-order valence-electron chi connectivity index (χ3n) is 4.76. The van der Waals surface area contributed by atoms with E-state index in [2.05, 4.69) is 20.5 Å². The second-order valence-corrected chi connectivity index (χ2v) is 8.04. The Hall–Kier alpha value is -2.22. The van der Waals surface area contributed by atoms with Crippen LogP contribution in [0.1, 0.15) is 38.4 Å². The molecule has 26 heavy (non-hydrogen) atoms. The molecule has 1 aromatic heterocycles. The molecule has 1 saturated carbocycles. The van der Waals surface area contributed by atoms with Gasteiger partial charge in [0, 0.05) is 18.2 Å². The van der Waals surface area contributed by atoms with E-state index in [1.807, 2.05) is 6.92 Å². The molecule has 0 spiro atoms. The van der Waals surface area contributed by atoms with Crippen LogP contribution in [0.25, 0.3) is 0 Å². The largest absolute Gasteiger partial charge is 0.454 e. The predicted octanol–water partition coefficient (Wildman–Crippen LogP) is 3.39. The number of anilines is 1. The molecular formula is C18H22N4O3S. The maximum Gasteiger partial charge on any atom is 0.237 e. The van der Waals surface area contributed by atoms with E-state index in [9.17, 15) is 4.79 Å². The summed E-state index contributed by atoms with van der Waals surface area (Å²) in [5.41, 5.74) is 0.684. The maximum absolute atomic E-state index is 12.4. The first-order chi connectivity index (χ1) is 12.7. The van der Waals surface area contributed by atoms with E-state index in [-0.39, 0.29) is 18.0 Å². The van der Waals surface area contributed by atoms with Crippen LogP contribution in [0.4, 0.5) is 5.69 Å². The number of aromatic nitrogens is 3. The quantitative estimate of drug-likeness (QED) is 0.754. The molecule has 1 aliphatic heterocycles. The van der Waals surface area contributed by atoms with Crippen LogP contribution in [0, 0.1) is 5.92 Å². The van der Waals surface area contributed by atoms with Crippen molar-refractivity contribution in [1.82, 2.24) is 15.2 Å². The van der Waals surface area contributed by atoms with Crippen LogP contribution >= 0.6 is 11.8 Å². The van der Waals surface area contributed by atoms with Crippen LogP contribution in [-0.4, -0.2) is 33.1 Å². The Morgan fingerprint density at radius 2 is 2.15 bits per heavy atom. The monoisotopic (exact) mass is 374 g/mol. The molecule has 1 atom stereocenters. The molecule has 0 saturated heterocycles. The zero-order chi connectivity index (χ0) is 17.9. The molecular weight excluding hydrogens is 352 g/mol. The van der Waals surface area contributed by atoms with Gasteiger partial charge in [-0.3, -0.25) is 9.89 Å².